The zero-order valence-electron chi connectivity index (χ0n) is 16.4. The fraction of sp³-hybridized carbons (Fsp3) is 0.0769. The van der Waals surface area contributed by atoms with Crippen molar-refractivity contribution in [3.05, 3.63) is 138 Å². The van der Waals surface area contributed by atoms with E-state index in [1.807, 2.05) is 19.1 Å². The minimum absolute atomic E-state index is 0.542. The van der Waals surface area contributed by atoms with Gasteiger partial charge in [-0.2, -0.15) is 0 Å². The van der Waals surface area contributed by atoms with Crippen LogP contribution in [0, 0.1) is 0 Å². The first kappa shape index (κ1) is 23.5. The molecule has 0 spiro atoms. The average Bonchev–Trinajstić information content (AvgIpc) is 2.76. The summed E-state index contributed by atoms with van der Waals surface area (Å²) in [4.78, 5) is 0. The average molecular weight is 652 g/mol. The van der Waals surface area contributed by atoms with Crippen molar-refractivity contribution < 1.29 is 0 Å². The second-order valence-corrected chi connectivity index (χ2v) is 10.5. The molecule has 3 aromatic rings. The van der Waals surface area contributed by atoms with E-state index in [0.29, 0.717) is 0 Å². The normalized spacial score (nSPS) is 12.4. The number of halogens is 4. The van der Waals surface area contributed by atoms with Gasteiger partial charge < -0.3 is 0 Å². The quantitative estimate of drug-likeness (QED) is 0.184. The predicted molar refractivity (Wildman–Crippen MR) is 143 cm³/mol. The van der Waals surface area contributed by atoms with Gasteiger partial charge in [0, 0.05) is 17.9 Å². The summed E-state index contributed by atoms with van der Waals surface area (Å²) in [5.41, 5.74) is 3.90. The van der Waals surface area contributed by atoms with Gasteiger partial charge in [-0.25, -0.2) is 0 Å². The Morgan fingerprint density at radius 1 is 0.667 bits per heavy atom. The van der Waals surface area contributed by atoms with E-state index in [2.05, 4.69) is 149 Å². The zero-order chi connectivity index (χ0) is 21.7. The highest BCUT2D eigenvalue weighted by molar-refractivity contribution is 9.12. The first-order valence-corrected chi connectivity index (χ1v) is 12.5. The van der Waals surface area contributed by atoms with Gasteiger partial charge in [-0.3, -0.25) is 0 Å². The predicted octanol–water partition coefficient (Wildman–Crippen LogP) is 9.72. The first-order valence-electron chi connectivity index (χ1n) is 9.35. The molecule has 152 valence electrons. The summed E-state index contributed by atoms with van der Waals surface area (Å²) < 4.78 is 4.15. The molecule has 0 nitrogen and oxygen atoms in total. The largest absolute Gasteiger partial charge is 0.0942 e. The molecule has 0 amide bonds. The number of benzene rings is 3. The lowest BCUT2D eigenvalue weighted by molar-refractivity contribution is 0.746. The summed E-state index contributed by atoms with van der Waals surface area (Å²) in [5.74, 6) is 0. The lowest BCUT2D eigenvalue weighted by atomic mass is 9.65. The summed E-state index contributed by atoms with van der Waals surface area (Å²) in [5, 5.41) is 0. The molecule has 3 aromatic carbocycles. The van der Waals surface area contributed by atoms with Gasteiger partial charge in [-0.1, -0.05) is 119 Å². The molecule has 0 atom stereocenters. The van der Waals surface area contributed by atoms with Crippen LogP contribution < -0.4 is 0 Å². The molecule has 0 N–H and O–H groups in total. The Kier molecular flexibility index (Phi) is 8.14. The van der Waals surface area contributed by atoms with Crippen molar-refractivity contribution in [2.45, 2.75) is 12.3 Å². The van der Waals surface area contributed by atoms with Crippen LogP contribution in [0.4, 0.5) is 0 Å². The molecule has 0 fully saturated rings. The lowest BCUT2D eigenvalue weighted by Gasteiger charge is -2.37. The maximum atomic E-state index is 4.56. The van der Waals surface area contributed by atoms with Gasteiger partial charge in [0.05, 0.1) is 5.41 Å². The standard InChI is InChI=1S/C26H20Br4/c1-3-22(27)11-4-18(2)26(19-5-12-23(28)13-6-19,20-7-14-24(29)15-8-20)21-9-16-25(30)17-10-21/h3-17H,2H2,1H3/b11-4-,22-3+. The Morgan fingerprint density at radius 3 is 1.30 bits per heavy atom. The summed E-state index contributed by atoms with van der Waals surface area (Å²) in [7, 11) is 0. The van der Waals surface area contributed by atoms with Gasteiger partial charge >= 0.3 is 0 Å². The van der Waals surface area contributed by atoms with Gasteiger partial charge in [-0.15, -0.1) is 0 Å². The van der Waals surface area contributed by atoms with Crippen LogP contribution in [0.15, 0.2) is 121 Å². The molecule has 0 heterocycles. The fourth-order valence-electron chi connectivity index (χ4n) is 3.56. The molecule has 30 heavy (non-hydrogen) atoms. The number of rotatable bonds is 6. The van der Waals surface area contributed by atoms with Crippen molar-refractivity contribution in [3.8, 4) is 0 Å². The molecule has 0 bridgehead atoms. The number of hydrogen-bond donors (Lipinski definition) is 0. The van der Waals surface area contributed by atoms with E-state index >= 15 is 0 Å². The maximum absolute atomic E-state index is 4.56. The van der Waals surface area contributed by atoms with Crippen molar-refractivity contribution in [2.75, 3.05) is 0 Å². The minimum atomic E-state index is -0.542. The third-order valence-corrected chi connectivity index (χ3v) is 7.34. The van der Waals surface area contributed by atoms with Crippen LogP contribution in [-0.2, 0) is 5.41 Å². The Hall–Kier alpha value is -1.20. The maximum Gasteiger partial charge on any atom is 0.0695 e. The molecule has 0 aromatic heterocycles. The van der Waals surface area contributed by atoms with E-state index in [1.165, 1.54) is 0 Å². The highest BCUT2D eigenvalue weighted by atomic mass is 79.9. The van der Waals surface area contributed by atoms with Crippen molar-refractivity contribution in [2.24, 2.45) is 0 Å². The van der Waals surface area contributed by atoms with Crippen LogP contribution in [0.5, 0.6) is 0 Å². The fourth-order valence-corrected chi connectivity index (χ4v) is 4.48. The van der Waals surface area contributed by atoms with Gasteiger partial charge in [0.2, 0.25) is 0 Å². The molecule has 0 aliphatic rings. The Bertz CT molecular complexity index is 962. The monoisotopic (exact) mass is 648 g/mol. The second kappa shape index (κ2) is 10.4. The minimum Gasteiger partial charge on any atom is -0.0942 e. The van der Waals surface area contributed by atoms with Crippen molar-refractivity contribution >= 4 is 63.7 Å². The van der Waals surface area contributed by atoms with Crippen molar-refractivity contribution in [1.82, 2.24) is 0 Å². The van der Waals surface area contributed by atoms with Crippen LogP contribution in [0.25, 0.3) is 0 Å². The van der Waals surface area contributed by atoms with E-state index in [-0.39, 0.29) is 0 Å². The first-order chi connectivity index (χ1) is 14.4. The van der Waals surface area contributed by atoms with E-state index in [4.69, 9.17) is 0 Å². The SMILES string of the molecule is C=C(/C=C\C(Br)=C/C)C(c1ccc(Br)cc1)(c1ccc(Br)cc1)c1ccc(Br)cc1. The molecule has 0 aliphatic heterocycles. The second-order valence-electron chi connectivity index (χ2n) is 6.80. The Morgan fingerprint density at radius 2 is 1.00 bits per heavy atom. The topological polar surface area (TPSA) is 0 Å². The van der Waals surface area contributed by atoms with E-state index in [0.717, 1.165) is 40.2 Å². The van der Waals surface area contributed by atoms with Crippen molar-refractivity contribution in [3.63, 3.8) is 0 Å². The summed E-state index contributed by atoms with van der Waals surface area (Å²) in [6.45, 7) is 6.56. The summed E-state index contributed by atoms with van der Waals surface area (Å²) in [6, 6.07) is 25.5. The van der Waals surface area contributed by atoms with Crippen LogP contribution >= 0.6 is 63.7 Å². The molecule has 0 unspecified atom stereocenters. The molecule has 0 aliphatic carbocycles. The Labute approximate surface area is 212 Å². The van der Waals surface area contributed by atoms with E-state index in [9.17, 15) is 0 Å². The molecule has 0 radical (unpaired) electrons. The van der Waals surface area contributed by atoms with E-state index < -0.39 is 5.41 Å². The van der Waals surface area contributed by atoms with Gasteiger partial charge in [-0.05, 0) is 71.7 Å². The molecule has 3 rings (SSSR count). The summed E-state index contributed by atoms with van der Waals surface area (Å²) in [6.07, 6.45) is 6.16. The van der Waals surface area contributed by atoms with Crippen LogP contribution in [-0.4, -0.2) is 0 Å². The van der Waals surface area contributed by atoms with Gasteiger partial charge in [0.1, 0.15) is 0 Å². The summed E-state index contributed by atoms with van der Waals surface area (Å²) >= 11 is 14.3. The molecule has 4 heteroatoms. The van der Waals surface area contributed by atoms with E-state index in [1.54, 1.807) is 0 Å². The van der Waals surface area contributed by atoms with Crippen LogP contribution in [0.3, 0.4) is 0 Å². The highest BCUT2D eigenvalue weighted by Gasteiger charge is 2.38. The van der Waals surface area contributed by atoms with Gasteiger partial charge in [0.15, 0.2) is 0 Å². The highest BCUT2D eigenvalue weighted by Crippen LogP contribution is 2.46. The number of hydrogen-bond acceptors (Lipinski definition) is 0. The van der Waals surface area contributed by atoms with Crippen LogP contribution in [0.2, 0.25) is 0 Å². The molecular weight excluding hydrogens is 632 g/mol. The number of allylic oxidation sites excluding steroid dienone is 5. The van der Waals surface area contributed by atoms with Gasteiger partial charge in [0.25, 0.3) is 0 Å². The third-order valence-electron chi connectivity index (χ3n) is 5.03. The Balaban J connectivity index is 2.36. The molecule has 0 saturated heterocycles. The molecular formula is C26H20Br4. The smallest absolute Gasteiger partial charge is 0.0695 e. The third kappa shape index (κ3) is 4.99. The zero-order valence-corrected chi connectivity index (χ0v) is 22.7. The van der Waals surface area contributed by atoms with Crippen molar-refractivity contribution in [1.29, 1.82) is 0 Å². The lowest BCUT2D eigenvalue weighted by Crippen LogP contribution is -2.31. The molecule has 0 saturated carbocycles. The van der Waals surface area contributed by atoms with Crippen LogP contribution in [0.1, 0.15) is 23.6 Å².